The zero-order valence-electron chi connectivity index (χ0n) is 1.46. The Balaban J connectivity index is -0.00000000500. The van der Waals surface area contributed by atoms with Crippen LogP contribution in [0.15, 0.2) is 0 Å². The molecule has 0 nitrogen and oxygen atoms in total. The molecule has 2 radical (unpaired) electrons. The van der Waals surface area contributed by atoms with Gasteiger partial charge in [-0.15, -0.1) is 0 Å². The Morgan fingerprint density at radius 3 is 1.25 bits per heavy atom. The molecule has 0 heterocycles. The molecule has 0 saturated heterocycles. The Morgan fingerprint density at radius 1 is 1.25 bits per heavy atom. The van der Waals surface area contributed by atoms with Crippen LogP contribution in [-0.2, 0) is 0 Å². The van der Waals surface area contributed by atoms with Crippen LogP contribution < -0.4 is 0 Å². The van der Waals surface area contributed by atoms with Gasteiger partial charge in [0.15, 0.2) is 0 Å². The Hall–Kier alpha value is 4.18. The van der Waals surface area contributed by atoms with Crippen LogP contribution in [0.1, 0.15) is 0 Å². The summed E-state index contributed by atoms with van der Waals surface area (Å²) in [4.78, 5) is 0. The predicted molar refractivity (Wildman–Crippen MR) is 38.6 cm³/mol. The SMILES string of the molecule is BrI.[CsH].[PbH2]. The van der Waals surface area contributed by atoms with Crippen LogP contribution in [0.4, 0.5) is 0 Å². The van der Waals surface area contributed by atoms with Gasteiger partial charge < -0.3 is 0 Å². The molecule has 0 spiro atoms. The first-order valence-corrected chi connectivity index (χ1v) is 4.98. The summed E-state index contributed by atoms with van der Waals surface area (Å²) in [5.41, 5.74) is 0. The first-order chi connectivity index (χ1) is 1.00. The van der Waals surface area contributed by atoms with Gasteiger partial charge in [-0.3, -0.25) is 0 Å². The third-order valence-corrected chi connectivity index (χ3v) is 0. The molecule has 0 amide bonds. The molecule has 0 aromatic heterocycles. The third-order valence-electron chi connectivity index (χ3n) is 0. The minimum atomic E-state index is 0. The van der Waals surface area contributed by atoms with Crippen molar-refractivity contribution >= 4 is 129 Å². The van der Waals surface area contributed by atoms with E-state index in [9.17, 15) is 0 Å². The van der Waals surface area contributed by atoms with Crippen LogP contribution in [0.3, 0.4) is 0 Å². The van der Waals surface area contributed by atoms with Gasteiger partial charge in [0.1, 0.15) is 0 Å². The first kappa shape index (κ1) is 15.7. The van der Waals surface area contributed by atoms with E-state index in [1.54, 1.807) is 0 Å². The van der Waals surface area contributed by atoms with Gasteiger partial charge in [-0.2, -0.15) is 0 Å². The van der Waals surface area contributed by atoms with E-state index in [2.05, 4.69) is 12.7 Å². The number of halogens is 2. The summed E-state index contributed by atoms with van der Waals surface area (Å²) in [5, 5.41) is 0. The second kappa shape index (κ2) is 15.7. The Labute approximate surface area is 125 Å². The van der Waals surface area contributed by atoms with Crippen LogP contribution in [0.25, 0.3) is 0 Å². The number of hydrogen-bond donors (Lipinski definition) is 0. The van der Waals surface area contributed by atoms with Crippen LogP contribution in [0.5, 0.6) is 0 Å². The van der Waals surface area contributed by atoms with E-state index >= 15 is 0 Å². The van der Waals surface area contributed by atoms with Crippen molar-refractivity contribution in [2.45, 2.75) is 0 Å². The van der Waals surface area contributed by atoms with Gasteiger partial charge in [0, 0.05) is 20.4 Å². The summed E-state index contributed by atoms with van der Waals surface area (Å²) in [6.07, 6.45) is 0. The molecule has 0 aromatic rings. The average molecular weight is 550 g/mol. The molecule has 0 N–H and O–H groups in total. The molecule has 22 valence electrons. The van der Waals surface area contributed by atoms with Crippen LogP contribution in [0.2, 0.25) is 0 Å². The molecule has 0 bridgehead atoms. The van der Waals surface area contributed by atoms with E-state index in [1.165, 1.54) is 0 Å². The van der Waals surface area contributed by atoms with Crippen molar-refractivity contribution in [1.82, 2.24) is 0 Å². The summed E-state index contributed by atoms with van der Waals surface area (Å²) >= 11 is 4.87. The van der Waals surface area contributed by atoms with E-state index in [1.807, 2.05) is 20.4 Å². The molecule has 0 atom stereocenters. The molecule has 0 aromatic carbocycles. The fourth-order valence-corrected chi connectivity index (χ4v) is 0. The van der Waals surface area contributed by atoms with Gasteiger partial charge >= 0.3 is 96.2 Å². The van der Waals surface area contributed by atoms with E-state index in [4.69, 9.17) is 0 Å². The zero-order chi connectivity index (χ0) is 2.00. The average Bonchev–Trinajstić information content (AvgIpc) is 1.00. The minimum absolute atomic E-state index is 0. The summed E-state index contributed by atoms with van der Waals surface area (Å²) in [6, 6.07) is 0. The topological polar surface area (TPSA) is 0 Å². The van der Waals surface area contributed by atoms with Crippen molar-refractivity contribution in [1.29, 1.82) is 0 Å². The normalized spacial score (nSPS) is 1.50. The molecule has 0 fully saturated rings. The molecule has 0 aliphatic rings. The molecule has 0 saturated carbocycles. The Kier molecular flexibility index (Phi) is 61.7. The van der Waals surface area contributed by atoms with Crippen molar-refractivity contribution in [3.8, 4) is 0 Å². The summed E-state index contributed by atoms with van der Waals surface area (Å²) in [5.74, 6) is 0. The number of rotatable bonds is 0. The van der Waals surface area contributed by atoms with E-state index in [-0.39, 0.29) is 96.2 Å². The van der Waals surface area contributed by atoms with Gasteiger partial charge in [-0.05, 0) is 12.7 Å². The molecule has 4 heavy (non-hydrogen) atoms. The van der Waals surface area contributed by atoms with Gasteiger partial charge in [0.05, 0.1) is 0 Å². The number of hydrogen-bond acceptors (Lipinski definition) is 0. The first-order valence-electron chi connectivity index (χ1n) is 0.143. The molecular formula is H3BrCsIPb. The maximum atomic E-state index is 2.91. The molecule has 0 rings (SSSR count). The van der Waals surface area contributed by atoms with Crippen molar-refractivity contribution in [3.63, 3.8) is 0 Å². The van der Waals surface area contributed by atoms with Crippen LogP contribution in [0, 0.1) is 0 Å². The van der Waals surface area contributed by atoms with Crippen molar-refractivity contribution in [2.75, 3.05) is 0 Å². The van der Waals surface area contributed by atoms with E-state index in [0.29, 0.717) is 0 Å². The molecule has 0 aliphatic heterocycles. The fraction of sp³-hybridized carbons (Fsp3) is 0. The maximum absolute atomic E-state index is 2.91. The zero-order valence-corrected chi connectivity index (χ0v) is 10.7. The van der Waals surface area contributed by atoms with Crippen molar-refractivity contribution in [3.05, 3.63) is 0 Å². The van der Waals surface area contributed by atoms with Crippen LogP contribution in [-0.4, -0.2) is 96.2 Å². The predicted octanol–water partition coefficient (Wildman–Crippen LogP) is 0.167. The fourth-order valence-electron chi connectivity index (χ4n) is 0. The van der Waals surface area contributed by atoms with E-state index in [0.717, 1.165) is 0 Å². The monoisotopic (exact) mass is 550 g/mol. The van der Waals surface area contributed by atoms with Crippen LogP contribution >= 0.6 is 33.1 Å². The second-order valence-electron chi connectivity index (χ2n) is 0. The van der Waals surface area contributed by atoms with Crippen molar-refractivity contribution in [2.24, 2.45) is 0 Å². The third kappa shape index (κ3) is 9.49. The van der Waals surface area contributed by atoms with Gasteiger partial charge in [-0.1, -0.05) is 0 Å². The summed E-state index contributed by atoms with van der Waals surface area (Å²) in [6.45, 7) is 0. The Bertz CT molecular complexity index is 8.00. The van der Waals surface area contributed by atoms with Crippen molar-refractivity contribution < 1.29 is 0 Å². The summed E-state index contributed by atoms with van der Waals surface area (Å²) in [7, 11) is 0. The molecule has 4 heteroatoms. The van der Waals surface area contributed by atoms with Gasteiger partial charge in [0.2, 0.25) is 0 Å². The van der Waals surface area contributed by atoms with Gasteiger partial charge in [-0.25, -0.2) is 0 Å². The Morgan fingerprint density at radius 2 is 1.25 bits per heavy atom. The standard InChI is InChI=1S/BrI.Cs.Pb.3H/c1-2;;;;;. The second-order valence-corrected chi connectivity index (χ2v) is 0. The quantitative estimate of drug-likeness (QED) is 0.299. The molecule has 0 aliphatic carbocycles. The van der Waals surface area contributed by atoms with Gasteiger partial charge in [0.25, 0.3) is 0 Å². The molecular weight excluding hydrogens is 547 g/mol. The molecule has 0 unspecified atom stereocenters. The van der Waals surface area contributed by atoms with E-state index < -0.39 is 0 Å². The summed E-state index contributed by atoms with van der Waals surface area (Å²) < 4.78 is 0.